The lowest BCUT2D eigenvalue weighted by Crippen LogP contribution is -2.41. The number of nitrogens with two attached hydrogens (primary N) is 1. The molecule has 0 heterocycles. The molecule has 0 spiro atoms. The summed E-state index contributed by atoms with van der Waals surface area (Å²) in [6.45, 7) is 3.80. The molecule has 3 N–H and O–H groups in total. The van der Waals surface area contributed by atoms with E-state index >= 15 is 0 Å². The van der Waals surface area contributed by atoms with Crippen LogP contribution in [0.2, 0.25) is 0 Å². The van der Waals surface area contributed by atoms with Crippen LogP contribution in [0.1, 0.15) is 13.8 Å². The van der Waals surface area contributed by atoms with Crippen molar-refractivity contribution in [2.24, 2.45) is 11.1 Å². The Hall–Kier alpha value is -1.08. The summed E-state index contributed by atoms with van der Waals surface area (Å²) in [7, 11) is 0. The summed E-state index contributed by atoms with van der Waals surface area (Å²) in [5, 5.41) is 10.6. The number of nitrogens with one attached hydrogen (secondary N) is 1. The van der Waals surface area contributed by atoms with Crippen LogP contribution in [0, 0.1) is 16.7 Å². The van der Waals surface area contributed by atoms with Gasteiger partial charge in [-0.05, 0) is 13.8 Å². The van der Waals surface area contributed by atoms with Crippen LogP contribution in [0.5, 0.6) is 0 Å². The van der Waals surface area contributed by atoms with E-state index in [1.54, 1.807) is 13.8 Å². The van der Waals surface area contributed by atoms with Gasteiger partial charge in [0, 0.05) is 6.54 Å². The largest absolute Gasteiger partial charge is 0.342 e. The van der Waals surface area contributed by atoms with E-state index in [1.165, 1.54) is 0 Å². The molecule has 11 heavy (non-hydrogen) atoms. The summed E-state index contributed by atoms with van der Waals surface area (Å²) in [6.07, 6.45) is 0. The number of hydrogen-bond donors (Lipinski definition) is 2. The molecule has 4 heteroatoms. The van der Waals surface area contributed by atoms with Gasteiger partial charge >= 0.3 is 0 Å². The normalized spacial score (nSPS) is 10.4. The fourth-order valence-corrected chi connectivity index (χ4v) is 0.452. The minimum Gasteiger partial charge on any atom is -0.342 e. The molecule has 0 aromatic carbocycles. The molecule has 0 aliphatic heterocycles. The third kappa shape index (κ3) is 3.01. The molecule has 0 aromatic heterocycles. The van der Waals surface area contributed by atoms with Gasteiger partial charge in [-0.3, -0.25) is 4.79 Å². The molecule has 0 rings (SSSR count). The second-order valence-electron chi connectivity index (χ2n) is 2.93. The predicted molar refractivity (Wildman–Crippen MR) is 41.5 cm³/mol. The van der Waals surface area contributed by atoms with Gasteiger partial charge in [0.25, 0.3) is 0 Å². The highest BCUT2D eigenvalue weighted by Gasteiger charge is 2.24. The van der Waals surface area contributed by atoms with E-state index in [2.05, 4.69) is 5.32 Å². The molecule has 0 aliphatic carbocycles. The van der Waals surface area contributed by atoms with Gasteiger partial charge in [0.05, 0.1) is 11.5 Å². The third-order valence-electron chi connectivity index (χ3n) is 1.45. The standard InChI is InChI=1S/C7H13N3O/c1-7(2,5-9)6(11)10-4-3-8/h4-5,9H2,1-2H3,(H,10,11). The monoisotopic (exact) mass is 155 g/mol. The number of hydrogen-bond acceptors (Lipinski definition) is 3. The van der Waals surface area contributed by atoms with Crippen molar-refractivity contribution < 1.29 is 4.79 Å². The van der Waals surface area contributed by atoms with Gasteiger partial charge in [-0.25, -0.2) is 0 Å². The van der Waals surface area contributed by atoms with Crippen molar-refractivity contribution in [2.75, 3.05) is 13.1 Å². The molecule has 0 radical (unpaired) electrons. The van der Waals surface area contributed by atoms with Gasteiger partial charge in [-0.15, -0.1) is 0 Å². The van der Waals surface area contributed by atoms with Crippen LogP contribution in [0.3, 0.4) is 0 Å². The highest BCUT2D eigenvalue weighted by molar-refractivity contribution is 5.82. The highest BCUT2D eigenvalue weighted by Crippen LogP contribution is 2.11. The van der Waals surface area contributed by atoms with Crippen LogP contribution in [0.15, 0.2) is 0 Å². The zero-order chi connectivity index (χ0) is 8.91. The Morgan fingerprint density at radius 1 is 1.73 bits per heavy atom. The van der Waals surface area contributed by atoms with Crippen LogP contribution in [0.25, 0.3) is 0 Å². The topological polar surface area (TPSA) is 78.9 Å². The van der Waals surface area contributed by atoms with E-state index in [9.17, 15) is 4.79 Å². The minimum absolute atomic E-state index is 0.0439. The van der Waals surface area contributed by atoms with Gasteiger partial charge in [0.2, 0.25) is 5.91 Å². The van der Waals surface area contributed by atoms with Crippen LogP contribution in [0.4, 0.5) is 0 Å². The average molecular weight is 155 g/mol. The van der Waals surface area contributed by atoms with Gasteiger partial charge in [0.15, 0.2) is 0 Å². The number of nitriles is 1. The Bertz CT molecular complexity index is 181. The molecule has 0 bridgehead atoms. The first kappa shape index (κ1) is 9.92. The number of nitrogens with zero attached hydrogens (tertiary/aromatic N) is 1. The highest BCUT2D eigenvalue weighted by atomic mass is 16.2. The van der Waals surface area contributed by atoms with Crippen molar-refractivity contribution in [3.05, 3.63) is 0 Å². The number of carbonyl (C=O) groups excluding carboxylic acids is 1. The van der Waals surface area contributed by atoms with Gasteiger partial charge in [0.1, 0.15) is 6.54 Å². The van der Waals surface area contributed by atoms with Gasteiger partial charge < -0.3 is 11.1 Å². The molecular weight excluding hydrogens is 142 g/mol. The van der Waals surface area contributed by atoms with Crippen molar-refractivity contribution >= 4 is 5.91 Å². The zero-order valence-corrected chi connectivity index (χ0v) is 6.85. The van der Waals surface area contributed by atoms with E-state index in [4.69, 9.17) is 11.0 Å². The van der Waals surface area contributed by atoms with Crippen molar-refractivity contribution in [3.8, 4) is 6.07 Å². The number of amides is 1. The summed E-state index contributed by atoms with van der Waals surface area (Å²) >= 11 is 0. The van der Waals surface area contributed by atoms with Crippen LogP contribution < -0.4 is 11.1 Å². The Labute approximate surface area is 66.4 Å². The van der Waals surface area contributed by atoms with Crippen LogP contribution in [-0.4, -0.2) is 19.0 Å². The Balaban J connectivity index is 3.94. The molecule has 4 nitrogen and oxygen atoms in total. The van der Waals surface area contributed by atoms with E-state index < -0.39 is 5.41 Å². The van der Waals surface area contributed by atoms with Crippen LogP contribution >= 0.6 is 0 Å². The SMILES string of the molecule is CC(C)(CN)C(=O)NCC#N. The lowest BCUT2D eigenvalue weighted by Gasteiger charge is -2.19. The van der Waals surface area contributed by atoms with Crippen molar-refractivity contribution in [2.45, 2.75) is 13.8 Å². The molecule has 62 valence electrons. The quantitative estimate of drug-likeness (QED) is 0.545. The Kier molecular flexibility index (Phi) is 3.55. The summed E-state index contributed by atoms with van der Waals surface area (Å²) in [6, 6.07) is 1.82. The van der Waals surface area contributed by atoms with E-state index in [-0.39, 0.29) is 19.0 Å². The van der Waals surface area contributed by atoms with E-state index in [0.29, 0.717) is 0 Å². The molecule has 0 unspecified atom stereocenters. The summed E-state index contributed by atoms with van der Waals surface area (Å²) < 4.78 is 0. The molecule has 0 aromatic rings. The summed E-state index contributed by atoms with van der Waals surface area (Å²) in [4.78, 5) is 11.1. The second kappa shape index (κ2) is 3.94. The average Bonchev–Trinajstić information content (AvgIpc) is 2.00. The number of carbonyl (C=O) groups is 1. The first-order valence-corrected chi connectivity index (χ1v) is 3.40. The predicted octanol–water partition coefficient (Wildman–Crippen LogP) is -0.389. The van der Waals surface area contributed by atoms with Gasteiger partial charge in [-0.2, -0.15) is 5.26 Å². The first-order chi connectivity index (χ1) is 5.04. The lowest BCUT2D eigenvalue weighted by molar-refractivity contribution is -0.128. The minimum atomic E-state index is -0.573. The van der Waals surface area contributed by atoms with E-state index in [0.717, 1.165) is 0 Å². The van der Waals surface area contributed by atoms with Gasteiger partial charge in [-0.1, -0.05) is 0 Å². The van der Waals surface area contributed by atoms with Crippen molar-refractivity contribution in [1.29, 1.82) is 5.26 Å². The number of rotatable bonds is 3. The smallest absolute Gasteiger partial charge is 0.227 e. The third-order valence-corrected chi connectivity index (χ3v) is 1.45. The fourth-order valence-electron chi connectivity index (χ4n) is 0.452. The Morgan fingerprint density at radius 2 is 2.27 bits per heavy atom. The Morgan fingerprint density at radius 3 is 2.64 bits per heavy atom. The fraction of sp³-hybridized carbons (Fsp3) is 0.714. The molecule has 0 fully saturated rings. The maximum Gasteiger partial charge on any atom is 0.227 e. The van der Waals surface area contributed by atoms with E-state index in [1.807, 2.05) is 6.07 Å². The molecule has 0 saturated heterocycles. The van der Waals surface area contributed by atoms with Crippen LogP contribution in [-0.2, 0) is 4.79 Å². The molecule has 0 saturated carbocycles. The molecule has 1 amide bonds. The molecule has 0 atom stereocenters. The van der Waals surface area contributed by atoms with Crippen molar-refractivity contribution in [3.63, 3.8) is 0 Å². The molecule has 0 aliphatic rings. The maximum atomic E-state index is 11.1. The maximum absolute atomic E-state index is 11.1. The summed E-state index contributed by atoms with van der Waals surface area (Å²) in [5.41, 5.74) is 4.76. The second-order valence-corrected chi connectivity index (χ2v) is 2.93. The zero-order valence-electron chi connectivity index (χ0n) is 6.85. The summed E-state index contributed by atoms with van der Waals surface area (Å²) in [5.74, 6) is -0.179. The van der Waals surface area contributed by atoms with Crippen molar-refractivity contribution in [1.82, 2.24) is 5.32 Å². The first-order valence-electron chi connectivity index (χ1n) is 3.40. The molecular formula is C7H13N3O. The lowest BCUT2D eigenvalue weighted by atomic mass is 9.93.